The van der Waals surface area contributed by atoms with E-state index in [0.29, 0.717) is 0 Å². The molecule has 0 saturated carbocycles. The van der Waals surface area contributed by atoms with Crippen LogP contribution in [0.5, 0.6) is 0 Å². The molecule has 0 atom stereocenters. The third-order valence-electron chi connectivity index (χ3n) is 4.39. The predicted octanol–water partition coefficient (Wildman–Crippen LogP) is 9.04. The summed E-state index contributed by atoms with van der Waals surface area (Å²) in [5.41, 5.74) is 0. The fourth-order valence-electron chi connectivity index (χ4n) is 2.81. The molecule has 0 unspecified atom stereocenters. The summed E-state index contributed by atoms with van der Waals surface area (Å²) in [6, 6.07) is 0. The van der Waals surface area contributed by atoms with E-state index < -0.39 is 0 Å². The number of hydrogen-bond acceptors (Lipinski definition) is 0. The van der Waals surface area contributed by atoms with Crippen LogP contribution in [0.25, 0.3) is 0 Å². The monoisotopic (exact) mass is 354 g/mol. The fraction of sp³-hybridized carbons (Fsp3) is 0.538. The van der Waals surface area contributed by atoms with Gasteiger partial charge in [-0.05, 0) is 12.8 Å². The largest absolute Gasteiger partial charge is 0.0991 e. The summed E-state index contributed by atoms with van der Waals surface area (Å²) in [6.45, 7) is 5.91. The van der Waals surface area contributed by atoms with Crippen LogP contribution in [-0.4, -0.2) is 0 Å². The molecule has 0 aromatic heterocycles. The van der Waals surface area contributed by atoms with Gasteiger partial charge in [-0.1, -0.05) is 151 Å². The van der Waals surface area contributed by atoms with Gasteiger partial charge in [0.05, 0.1) is 0 Å². The van der Waals surface area contributed by atoms with Gasteiger partial charge in [-0.2, -0.15) is 0 Å². The van der Waals surface area contributed by atoms with Gasteiger partial charge in [-0.25, -0.2) is 0 Å². The van der Waals surface area contributed by atoms with Crippen molar-refractivity contribution in [1.29, 1.82) is 0 Å². The van der Waals surface area contributed by atoms with E-state index in [2.05, 4.69) is 37.8 Å². The van der Waals surface area contributed by atoms with Crippen molar-refractivity contribution in [2.75, 3.05) is 0 Å². The molecule has 0 heteroatoms. The standard InChI is InChI=1S/C26H42/c1-3-5-7-9-11-13-15-17-19-21-23-25-26-24-22-20-18-16-14-12-10-8-6-4-2/h3,5,7,9,11,13,15,17,19,21,23H,1,4,6,8,10,12,14,16,18,20,22,24-26H2,2H3/b7-5+,11-9+,15-13+,19-17+,23-21+. The van der Waals surface area contributed by atoms with E-state index in [1.807, 2.05) is 36.5 Å². The van der Waals surface area contributed by atoms with Crippen LogP contribution in [0, 0.1) is 0 Å². The number of allylic oxidation sites excluding steroid dienone is 11. The van der Waals surface area contributed by atoms with Gasteiger partial charge in [-0.15, -0.1) is 0 Å². The second-order valence-corrected chi connectivity index (χ2v) is 6.88. The maximum Gasteiger partial charge on any atom is -0.0348 e. The molecule has 0 saturated heterocycles. The number of unbranched alkanes of at least 4 members (excludes halogenated alkanes) is 12. The zero-order valence-corrected chi connectivity index (χ0v) is 17.3. The zero-order chi connectivity index (χ0) is 19.0. The van der Waals surface area contributed by atoms with Crippen LogP contribution in [0.1, 0.15) is 90.4 Å². The lowest BCUT2D eigenvalue weighted by Gasteiger charge is -2.02. The molecule has 0 aliphatic rings. The van der Waals surface area contributed by atoms with E-state index >= 15 is 0 Å². The van der Waals surface area contributed by atoms with Gasteiger partial charge < -0.3 is 0 Å². The van der Waals surface area contributed by atoms with Gasteiger partial charge in [0.2, 0.25) is 0 Å². The van der Waals surface area contributed by atoms with Crippen molar-refractivity contribution in [2.24, 2.45) is 0 Å². The summed E-state index contributed by atoms with van der Waals surface area (Å²) in [5, 5.41) is 0. The van der Waals surface area contributed by atoms with Crippen molar-refractivity contribution in [3.05, 3.63) is 73.4 Å². The molecular weight excluding hydrogens is 312 g/mol. The quantitative estimate of drug-likeness (QED) is 0.170. The first-order valence-corrected chi connectivity index (χ1v) is 10.9. The molecule has 0 radical (unpaired) electrons. The second kappa shape index (κ2) is 23.4. The normalized spacial score (nSPS) is 12.7. The van der Waals surface area contributed by atoms with Crippen molar-refractivity contribution < 1.29 is 0 Å². The average Bonchev–Trinajstić information content (AvgIpc) is 2.66. The molecule has 0 rings (SSSR count). The Morgan fingerprint density at radius 1 is 0.462 bits per heavy atom. The van der Waals surface area contributed by atoms with Crippen LogP contribution in [-0.2, 0) is 0 Å². The Hall–Kier alpha value is -1.56. The molecule has 0 bridgehead atoms. The zero-order valence-electron chi connectivity index (χ0n) is 17.3. The predicted molar refractivity (Wildman–Crippen MR) is 122 cm³/mol. The van der Waals surface area contributed by atoms with Crippen LogP contribution in [0.15, 0.2) is 73.4 Å². The van der Waals surface area contributed by atoms with E-state index in [0.717, 1.165) is 0 Å². The van der Waals surface area contributed by atoms with Gasteiger partial charge in [0, 0.05) is 0 Å². The Kier molecular flexibility index (Phi) is 22.0. The summed E-state index contributed by atoms with van der Waals surface area (Å²) in [7, 11) is 0. The van der Waals surface area contributed by atoms with Gasteiger partial charge in [0.25, 0.3) is 0 Å². The lowest BCUT2D eigenvalue weighted by atomic mass is 10.0. The van der Waals surface area contributed by atoms with Gasteiger partial charge >= 0.3 is 0 Å². The smallest absolute Gasteiger partial charge is 0.0348 e. The van der Waals surface area contributed by atoms with E-state index in [4.69, 9.17) is 0 Å². The maximum absolute atomic E-state index is 3.63. The Balaban J connectivity index is 3.31. The molecule has 0 aromatic carbocycles. The third-order valence-corrected chi connectivity index (χ3v) is 4.39. The molecule has 0 fully saturated rings. The minimum absolute atomic E-state index is 1.21. The molecule has 146 valence electrons. The first-order valence-electron chi connectivity index (χ1n) is 10.9. The maximum atomic E-state index is 3.63. The molecular formula is C26H42. The van der Waals surface area contributed by atoms with Gasteiger partial charge in [0.15, 0.2) is 0 Å². The topological polar surface area (TPSA) is 0 Å². The van der Waals surface area contributed by atoms with Crippen LogP contribution in [0.3, 0.4) is 0 Å². The van der Waals surface area contributed by atoms with Crippen molar-refractivity contribution >= 4 is 0 Å². The Bertz CT molecular complexity index is 417. The highest BCUT2D eigenvalue weighted by molar-refractivity contribution is 5.18. The average molecular weight is 355 g/mol. The lowest BCUT2D eigenvalue weighted by Crippen LogP contribution is -1.82. The first kappa shape index (κ1) is 24.4. The highest BCUT2D eigenvalue weighted by Crippen LogP contribution is 2.12. The SMILES string of the molecule is C=C/C=C/C=C/C=C/C=C/C=C/CCCCCCCCCCCCCC. The highest BCUT2D eigenvalue weighted by Gasteiger charge is 1.92. The van der Waals surface area contributed by atoms with E-state index in [-0.39, 0.29) is 0 Å². The minimum atomic E-state index is 1.21. The molecule has 0 aliphatic carbocycles. The Morgan fingerprint density at radius 3 is 1.31 bits per heavy atom. The Labute approximate surface area is 164 Å². The molecule has 0 heterocycles. The summed E-state index contributed by atoms with van der Waals surface area (Å²) in [5.74, 6) is 0. The third kappa shape index (κ3) is 22.4. The summed E-state index contributed by atoms with van der Waals surface area (Å²) >= 11 is 0. The van der Waals surface area contributed by atoms with E-state index in [1.165, 1.54) is 83.5 Å². The van der Waals surface area contributed by atoms with Crippen LogP contribution < -0.4 is 0 Å². The van der Waals surface area contributed by atoms with Crippen LogP contribution >= 0.6 is 0 Å². The van der Waals surface area contributed by atoms with E-state index in [1.54, 1.807) is 6.08 Å². The molecule has 0 nitrogen and oxygen atoms in total. The molecule has 0 aromatic rings. The summed E-state index contributed by atoms with van der Waals surface area (Å²) < 4.78 is 0. The van der Waals surface area contributed by atoms with Crippen LogP contribution in [0.2, 0.25) is 0 Å². The van der Waals surface area contributed by atoms with Crippen molar-refractivity contribution in [3.63, 3.8) is 0 Å². The molecule has 0 N–H and O–H groups in total. The van der Waals surface area contributed by atoms with Crippen molar-refractivity contribution in [1.82, 2.24) is 0 Å². The van der Waals surface area contributed by atoms with Gasteiger partial charge in [0.1, 0.15) is 0 Å². The molecule has 0 aliphatic heterocycles. The minimum Gasteiger partial charge on any atom is -0.0991 e. The number of rotatable bonds is 18. The summed E-state index contributed by atoms with van der Waals surface area (Å²) in [6.07, 6.45) is 40.6. The highest BCUT2D eigenvalue weighted by atomic mass is 14.0. The first-order chi connectivity index (χ1) is 12.9. The van der Waals surface area contributed by atoms with Gasteiger partial charge in [-0.3, -0.25) is 0 Å². The number of hydrogen-bond donors (Lipinski definition) is 0. The fourth-order valence-corrected chi connectivity index (χ4v) is 2.81. The molecule has 0 spiro atoms. The Morgan fingerprint density at radius 2 is 0.846 bits per heavy atom. The van der Waals surface area contributed by atoms with Crippen molar-refractivity contribution in [3.8, 4) is 0 Å². The molecule has 0 amide bonds. The van der Waals surface area contributed by atoms with Crippen LogP contribution in [0.4, 0.5) is 0 Å². The van der Waals surface area contributed by atoms with E-state index in [9.17, 15) is 0 Å². The summed E-state index contributed by atoms with van der Waals surface area (Å²) in [4.78, 5) is 0. The molecule has 26 heavy (non-hydrogen) atoms. The lowest BCUT2D eigenvalue weighted by molar-refractivity contribution is 0.545. The van der Waals surface area contributed by atoms with Crippen molar-refractivity contribution in [2.45, 2.75) is 90.4 Å². The second-order valence-electron chi connectivity index (χ2n) is 6.88.